The Bertz CT molecular complexity index is 923. The van der Waals surface area contributed by atoms with Crippen LogP contribution < -0.4 is 0 Å². The quantitative estimate of drug-likeness (QED) is 0.885. The molecule has 0 bridgehead atoms. The minimum absolute atomic E-state index is 0.0953. The normalized spacial score (nSPS) is 14.9. The second kappa shape index (κ2) is 5.22. The molecule has 0 fully saturated rings. The van der Waals surface area contributed by atoms with Crippen molar-refractivity contribution in [2.24, 2.45) is 0 Å². The molecule has 1 aromatic heterocycles. The summed E-state index contributed by atoms with van der Waals surface area (Å²) in [5, 5.41) is 10.1. The van der Waals surface area contributed by atoms with E-state index in [9.17, 15) is 13.5 Å². The van der Waals surface area contributed by atoms with Crippen LogP contribution in [0, 0.1) is 0 Å². The van der Waals surface area contributed by atoms with Crippen LogP contribution in [0.5, 0.6) is 0 Å². The van der Waals surface area contributed by atoms with Crippen molar-refractivity contribution in [2.75, 3.05) is 6.61 Å². The standard InChI is InChI=1S/C16H13NO3S/c18-12-13-5-1-3-7-15(11-13)21(19,20)17-10-9-14-6-2-4-8-16(14)17/h1-2,4-11,18H,12H2. The molecule has 0 aliphatic heterocycles. The van der Waals surface area contributed by atoms with Crippen LogP contribution in [0.15, 0.2) is 77.0 Å². The van der Waals surface area contributed by atoms with Gasteiger partial charge in [-0.25, -0.2) is 12.4 Å². The number of hydrogen-bond donors (Lipinski definition) is 1. The number of nitrogens with zero attached hydrogens (tertiary/aromatic N) is 1. The number of allylic oxidation sites excluding steroid dienone is 2. The van der Waals surface area contributed by atoms with Gasteiger partial charge in [0.1, 0.15) is 0 Å². The third-order valence-corrected chi connectivity index (χ3v) is 4.92. The Morgan fingerprint density at radius 1 is 1.19 bits per heavy atom. The van der Waals surface area contributed by atoms with Crippen molar-refractivity contribution in [1.29, 1.82) is 0 Å². The number of benzene rings is 1. The summed E-state index contributed by atoms with van der Waals surface area (Å²) >= 11 is 0. The average Bonchev–Trinajstić information content (AvgIpc) is 2.77. The van der Waals surface area contributed by atoms with Crippen LogP contribution in [0.3, 0.4) is 0 Å². The van der Waals surface area contributed by atoms with E-state index in [4.69, 9.17) is 0 Å². The second-order valence-corrected chi connectivity index (χ2v) is 6.41. The SMILES string of the molecule is O=S(=O)(C1=CC(CO)=CC=C=C1)n1ccc2ccccc21. The summed E-state index contributed by atoms with van der Waals surface area (Å²) < 4.78 is 26.8. The molecule has 106 valence electrons. The van der Waals surface area contributed by atoms with Gasteiger partial charge in [-0.15, -0.1) is 5.73 Å². The van der Waals surface area contributed by atoms with Crippen molar-refractivity contribution in [3.8, 4) is 0 Å². The lowest BCUT2D eigenvalue weighted by Crippen LogP contribution is -2.13. The summed E-state index contributed by atoms with van der Waals surface area (Å²) in [6, 6.07) is 9.03. The third kappa shape index (κ3) is 2.38. The first kappa shape index (κ1) is 13.6. The third-order valence-electron chi connectivity index (χ3n) is 3.25. The Balaban J connectivity index is 2.19. The molecule has 0 radical (unpaired) electrons. The molecule has 4 nitrogen and oxygen atoms in total. The Morgan fingerprint density at radius 3 is 2.81 bits per heavy atom. The fourth-order valence-corrected chi connectivity index (χ4v) is 3.58. The van der Waals surface area contributed by atoms with Crippen molar-refractivity contribution < 1.29 is 13.5 Å². The summed E-state index contributed by atoms with van der Waals surface area (Å²) in [5.74, 6) is 0. The fourth-order valence-electron chi connectivity index (χ4n) is 2.19. The van der Waals surface area contributed by atoms with Crippen molar-refractivity contribution in [3.05, 3.63) is 77.0 Å². The fraction of sp³-hybridized carbons (Fsp3) is 0.0625. The molecule has 0 spiro atoms. The number of para-hydroxylation sites is 1. The average molecular weight is 299 g/mol. The molecule has 1 N–H and O–H groups in total. The number of aromatic nitrogens is 1. The molecule has 1 aliphatic rings. The van der Waals surface area contributed by atoms with Gasteiger partial charge in [-0.05, 0) is 35.9 Å². The zero-order valence-electron chi connectivity index (χ0n) is 11.1. The molecule has 5 heteroatoms. The van der Waals surface area contributed by atoms with Gasteiger partial charge in [0.25, 0.3) is 10.0 Å². The van der Waals surface area contributed by atoms with E-state index >= 15 is 0 Å². The molecule has 2 aromatic rings. The van der Waals surface area contributed by atoms with Gasteiger partial charge in [-0.1, -0.05) is 18.2 Å². The van der Waals surface area contributed by atoms with Crippen LogP contribution in [0.4, 0.5) is 0 Å². The molecule has 1 aromatic carbocycles. The highest BCUT2D eigenvalue weighted by atomic mass is 32.2. The number of aliphatic hydroxyl groups excluding tert-OH is 1. The monoisotopic (exact) mass is 299 g/mol. The molecule has 0 saturated heterocycles. The summed E-state index contributed by atoms with van der Waals surface area (Å²) in [7, 11) is -3.72. The Morgan fingerprint density at radius 2 is 2.00 bits per heavy atom. The van der Waals surface area contributed by atoms with E-state index in [1.165, 1.54) is 22.3 Å². The molecule has 3 rings (SSSR count). The van der Waals surface area contributed by atoms with Gasteiger partial charge in [-0.3, -0.25) is 0 Å². The molecule has 1 aliphatic carbocycles. The van der Waals surface area contributed by atoms with Crippen LogP contribution in [-0.4, -0.2) is 24.1 Å². The lowest BCUT2D eigenvalue weighted by atomic mass is 10.2. The van der Waals surface area contributed by atoms with Crippen molar-refractivity contribution in [1.82, 2.24) is 3.97 Å². The highest BCUT2D eigenvalue weighted by Gasteiger charge is 2.20. The maximum absolute atomic E-state index is 12.8. The Hall–Kier alpha value is -2.33. The highest BCUT2D eigenvalue weighted by Crippen LogP contribution is 2.23. The number of fused-ring (bicyclic) bond motifs is 1. The molecule has 0 saturated carbocycles. The van der Waals surface area contributed by atoms with Gasteiger partial charge in [-0.2, -0.15) is 0 Å². The Labute approximate surface area is 122 Å². The first-order valence-electron chi connectivity index (χ1n) is 6.39. The van der Waals surface area contributed by atoms with Crippen molar-refractivity contribution >= 4 is 20.9 Å². The first-order valence-corrected chi connectivity index (χ1v) is 7.83. The number of hydrogen-bond acceptors (Lipinski definition) is 3. The van der Waals surface area contributed by atoms with Crippen LogP contribution in [-0.2, 0) is 10.0 Å². The molecular weight excluding hydrogens is 286 g/mol. The predicted molar refractivity (Wildman–Crippen MR) is 82.2 cm³/mol. The smallest absolute Gasteiger partial charge is 0.268 e. The molecule has 0 amide bonds. The van der Waals surface area contributed by atoms with E-state index in [2.05, 4.69) is 5.73 Å². The van der Waals surface area contributed by atoms with Crippen LogP contribution in [0.1, 0.15) is 0 Å². The van der Waals surface area contributed by atoms with Crippen LogP contribution in [0.2, 0.25) is 0 Å². The maximum atomic E-state index is 12.8. The van der Waals surface area contributed by atoms with Gasteiger partial charge < -0.3 is 5.11 Å². The zero-order chi connectivity index (χ0) is 14.9. The van der Waals surface area contributed by atoms with E-state index in [-0.39, 0.29) is 11.5 Å². The first-order chi connectivity index (χ1) is 10.1. The van der Waals surface area contributed by atoms with E-state index in [1.807, 2.05) is 12.1 Å². The largest absolute Gasteiger partial charge is 0.392 e. The van der Waals surface area contributed by atoms with Gasteiger partial charge in [0.05, 0.1) is 17.0 Å². The van der Waals surface area contributed by atoms with E-state index in [0.717, 1.165) is 5.39 Å². The van der Waals surface area contributed by atoms with Crippen LogP contribution in [0.25, 0.3) is 10.9 Å². The minimum Gasteiger partial charge on any atom is -0.392 e. The van der Waals surface area contributed by atoms with Gasteiger partial charge in [0.2, 0.25) is 0 Å². The highest BCUT2D eigenvalue weighted by molar-refractivity contribution is 7.94. The number of aliphatic hydroxyl groups is 1. The van der Waals surface area contributed by atoms with E-state index in [0.29, 0.717) is 11.1 Å². The van der Waals surface area contributed by atoms with Crippen LogP contribution >= 0.6 is 0 Å². The van der Waals surface area contributed by atoms with E-state index in [1.54, 1.807) is 30.4 Å². The zero-order valence-corrected chi connectivity index (χ0v) is 11.9. The second-order valence-electron chi connectivity index (χ2n) is 4.60. The molecule has 21 heavy (non-hydrogen) atoms. The molecule has 0 unspecified atom stereocenters. The summed E-state index contributed by atoms with van der Waals surface area (Å²) in [6.07, 6.45) is 7.61. The van der Waals surface area contributed by atoms with Gasteiger partial charge >= 0.3 is 0 Å². The number of rotatable bonds is 3. The van der Waals surface area contributed by atoms with E-state index < -0.39 is 10.0 Å². The van der Waals surface area contributed by atoms with Gasteiger partial charge in [0.15, 0.2) is 0 Å². The predicted octanol–water partition coefficient (Wildman–Crippen LogP) is 2.35. The van der Waals surface area contributed by atoms with Gasteiger partial charge in [0, 0.05) is 17.7 Å². The summed E-state index contributed by atoms with van der Waals surface area (Å²) in [6.45, 7) is -0.225. The molecule has 0 atom stereocenters. The maximum Gasteiger partial charge on any atom is 0.268 e. The lowest BCUT2D eigenvalue weighted by molar-refractivity contribution is 0.335. The van der Waals surface area contributed by atoms with Crippen molar-refractivity contribution in [2.45, 2.75) is 0 Å². The topological polar surface area (TPSA) is 59.3 Å². The summed E-state index contributed by atoms with van der Waals surface area (Å²) in [5.41, 5.74) is 3.92. The molecular formula is C16H13NO3S. The molecule has 1 heterocycles. The Kier molecular flexibility index (Phi) is 3.39. The summed E-state index contributed by atoms with van der Waals surface area (Å²) in [4.78, 5) is 0.0953. The van der Waals surface area contributed by atoms with Crippen molar-refractivity contribution in [3.63, 3.8) is 0 Å². The lowest BCUT2D eigenvalue weighted by Gasteiger charge is -2.08. The minimum atomic E-state index is -3.72.